The van der Waals surface area contributed by atoms with Gasteiger partial charge in [-0.25, -0.2) is 0 Å². The van der Waals surface area contributed by atoms with Gasteiger partial charge in [-0.05, 0) is 13.0 Å². The van der Waals surface area contributed by atoms with Crippen molar-refractivity contribution in [3.8, 4) is 5.75 Å². The summed E-state index contributed by atoms with van der Waals surface area (Å²) >= 11 is 0. The Morgan fingerprint density at radius 1 is 1.19 bits per heavy atom. The van der Waals surface area contributed by atoms with Gasteiger partial charge in [0.1, 0.15) is 28.7 Å². The van der Waals surface area contributed by atoms with Crippen molar-refractivity contribution in [2.24, 2.45) is 0 Å². The number of hydrogen-bond donors (Lipinski definition) is 2. The third-order valence-corrected chi connectivity index (χ3v) is 5.45. The minimum absolute atomic E-state index is 0.0375. The van der Waals surface area contributed by atoms with Crippen LogP contribution in [0.5, 0.6) is 5.75 Å². The topological polar surface area (TPSA) is 141 Å². The highest BCUT2D eigenvalue weighted by molar-refractivity contribution is 6.07. The van der Waals surface area contributed by atoms with Crippen molar-refractivity contribution in [1.82, 2.24) is 0 Å². The van der Waals surface area contributed by atoms with Crippen LogP contribution in [0.1, 0.15) is 28.9 Å². The van der Waals surface area contributed by atoms with Crippen molar-refractivity contribution in [3.63, 3.8) is 0 Å². The zero-order valence-corrected chi connectivity index (χ0v) is 13.3. The number of ether oxygens (including phenoxy) is 1. The van der Waals surface area contributed by atoms with Crippen LogP contribution in [0, 0.1) is 10.4 Å². The maximum Gasteiger partial charge on any atom is 0.338 e. The molecule has 4 aliphatic rings. The quantitative estimate of drug-likeness (QED) is 0.315. The molecule has 1 aromatic rings. The fraction of sp³-hybridized carbons (Fsp3) is 0.222. The highest BCUT2D eigenvalue weighted by atomic mass is 16.6. The third kappa shape index (κ3) is 1.42. The molecule has 128 valence electrons. The second-order valence-corrected chi connectivity index (χ2v) is 6.76. The summed E-state index contributed by atoms with van der Waals surface area (Å²) in [5.41, 5.74) is 6.59. The molecule has 1 aliphatic heterocycles. The van der Waals surface area contributed by atoms with E-state index in [4.69, 9.17) is 4.74 Å². The summed E-state index contributed by atoms with van der Waals surface area (Å²) in [6, 6.07) is 4.06. The van der Waals surface area contributed by atoms with Crippen LogP contribution in [0.2, 0.25) is 0 Å². The van der Waals surface area contributed by atoms with Crippen LogP contribution in [-0.2, 0) is 4.74 Å². The number of phenolic OH excluding ortho intramolecular Hbond substituents is 1. The number of rotatable bonds is 0. The van der Waals surface area contributed by atoms with Gasteiger partial charge in [-0.15, -0.1) is 0 Å². The SMILES string of the molecule is C[C@]12O[C@H]1[C@@H](O)c1c(c(=[N+]=[N-])c3c(=O)c4c(O)cccc4c(=O)c1=3)C2=O. The second kappa shape index (κ2) is 4.31. The Balaban J connectivity index is 2.18. The van der Waals surface area contributed by atoms with Crippen molar-refractivity contribution in [1.29, 1.82) is 0 Å². The van der Waals surface area contributed by atoms with E-state index >= 15 is 0 Å². The molecule has 8 heteroatoms. The molecule has 8 nitrogen and oxygen atoms in total. The molecule has 0 radical (unpaired) electrons. The van der Waals surface area contributed by atoms with Crippen LogP contribution in [0.25, 0.3) is 16.3 Å². The molecule has 3 atom stereocenters. The van der Waals surface area contributed by atoms with Crippen molar-refractivity contribution in [2.45, 2.75) is 24.7 Å². The van der Waals surface area contributed by atoms with Gasteiger partial charge in [-0.3, -0.25) is 14.4 Å². The Morgan fingerprint density at radius 3 is 2.62 bits per heavy atom. The number of phenols is 1. The molecule has 3 aliphatic carbocycles. The molecule has 0 saturated carbocycles. The van der Waals surface area contributed by atoms with Gasteiger partial charge >= 0.3 is 5.36 Å². The molecule has 0 bridgehead atoms. The van der Waals surface area contributed by atoms with Crippen molar-refractivity contribution in [3.05, 3.63) is 71.1 Å². The van der Waals surface area contributed by atoms with Gasteiger partial charge in [0, 0.05) is 16.2 Å². The maximum atomic E-state index is 13.0. The first kappa shape index (κ1) is 15.1. The number of fused-ring (bicyclic) bond motifs is 4. The lowest BCUT2D eigenvalue weighted by molar-refractivity contribution is -0.0668. The number of aromatic hydroxyl groups is 1. The zero-order valence-electron chi connectivity index (χ0n) is 13.3. The minimum atomic E-state index is -1.31. The second-order valence-electron chi connectivity index (χ2n) is 6.76. The number of nitrogens with zero attached hydrogens (tertiary/aromatic N) is 2. The number of benzene rings is 1. The van der Waals surface area contributed by atoms with E-state index in [0.717, 1.165) is 0 Å². The molecular weight excluding hydrogens is 340 g/mol. The highest BCUT2D eigenvalue weighted by Crippen LogP contribution is 2.50. The molecule has 1 heterocycles. The molecule has 0 spiro atoms. The summed E-state index contributed by atoms with van der Waals surface area (Å²) in [6.07, 6.45) is -2.14. The van der Waals surface area contributed by atoms with Crippen LogP contribution < -0.4 is 16.2 Å². The normalized spacial score (nSPS) is 26.6. The smallest absolute Gasteiger partial charge is 0.338 e. The standard InChI is InChI=1S/C18H10N2O6/c1-18-16(25)11-9(15(24)17(18)26-18)8-10(12(11)20-19)14(23)7-5(13(8)22)3-2-4-6(7)21/h2-4,15,17,21,24H,1H3/t15-,17-,18+/m0/s1. The first-order valence-corrected chi connectivity index (χ1v) is 7.86. The molecular formula is C18H10N2O6. The van der Waals surface area contributed by atoms with Crippen molar-refractivity contribution >= 4 is 16.6 Å². The molecule has 26 heavy (non-hydrogen) atoms. The molecule has 1 saturated heterocycles. The third-order valence-electron chi connectivity index (χ3n) is 5.45. The molecule has 1 aromatic carbocycles. The molecule has 2 N–H and O–H groups in total. The summed E-state index contributed by atoms with van der Waals surface area (Å²) in [7, 11) is 0. The lowest BCUT2D eigenvalue weighted by Crippen LogP contribution is -2.36. The lowest BCUT2D eigenvalue weighted by Gasteiger charge is -2.16. The Labute approximate surface area is 143 Å². The van der Waals surface area contributed by atoms with E-state index in [1.54, 1.807) is 0 Å². The number of carbonyl (C=O) groups is 1. The van der Waals surface area contributed by atoms with Crippen LogP contribution >= 0.6 is 0 Å². The summed E-state index contributed by atoms with van der Waals surface area (Å²) < 4.78 is 5.31. The first-order valence-electron chi connectivity index (χ1n) is 7.86. The predicted octanol–water partition coefficient (Wildman–Crippen LogP) is -0.616. The van der Waals surface area contributed by atoms with Crippen LogP contribution in [0.4, 0.5) is 0 Å². The van der Waals surface area contributed by atoms with Crippen LogP contribution in [0.3, 0.4) is 0 Å². The van der Waals surface area contributed by atoms with Crippen LogP contribution in [0.15, 0.2) is 27.8 Å². The average Bonchev–Trinajstić information content (AvgIpc) is 3.20. The summed E-state index contributed by atoms with van der Waals surface area (Å²) in [4.78, 5) is 41.8. The first-order chi connectivity index (χ1) is 12.3. The van der Waals surface area contributed by atoms with E-state index in [-0.39, 0.29) is 43.4 Å². The van der Waals surface area contributed by atoms with E-state index in [0.29, 0.717) is 0 Å². The highest BCUT2D eigenvalue weighted by Gasteiger charge is 2.67. The Kier molecular flexibility index (Phi) is 2.50. The molecule has 0 unspecified atom stereocenters. The van der Waals surface area contributed by atoms with Gasteiger partial charge in [-0.2, -0.15) is 4.79 Å². The number of Topliss-reactive ketones (excluding diaryl/α,β-unsaturated/α-hetero) is 1. The van der Waals surface area contributed by atoms with Gasteiger partial charge in [-0.1, -0.05) is 12.1 Å². The average molecular weight is 350 g/mol. The number of ketones is 1. The fourth-order valence-electron chi connectivity index (χ4n) is 4.12. The van der Waals surface area contributed by atoms with Gasteiger partial charge in [0.25, 0.3) is 0 Å². The monoisotopic (exact) mass is 350 g/mol. The summed E-state index contributed by atoms with van der Waals surface area (Å²) in [5.74, 6) is -0.946. The van der Waals surface area contributed by atoms with Gasteiger partial charge < -0.3 is 20.5 Å². The van der Waals surface area contributed by atoms with Crippen molar-refractivity contribution in [2.75, 3.05) is 0 Å². The lowest BCUT2D eigenvalue weighted by atomic mass is 9.83. The van der Waals surface area contributed by atoms with Gasteiger partial charge in [0.15, 0.2) is 11.0 Å². The summed E-state index contributed by atoms with van der Waals surface area (Å²) in [6.45, 7) is 1.49. The largest absolute Gasteiger partial charge is 0.507 e. The number of aliphatic hydroxyl groups excluding tert-OH is 1. The van der Waals surface area contributed by atoms with E-state index in [1.807, 2.05) is 0 Å². The van der Waals surface area contributed by atoms with E-state index in [9.17, 15) is 30.1 Å². The zero-order chi connectivity index (χ0) is 18.5. The Bertz CT molecular complexity index is 1430. The number of epoxide rings is 1. The number of aliphatic hydroxyl groups is 1. The van der Waals surface area contributed by atoms with E-state index in [1.165, 1.54) is 25.1 Å². The minimum Gasteiger partial charge on any atom is -0.507 e. The van der Waals surface area contributed by atoms with Gasteiger partial charge in [0.2, 0.25) is 11.2 Å². The van der Waals surface area contributed by atoms with E-state index < -0.39 is 34.4 Å². The fourth-order valence-corrected chi connectivity index (χ4v) is 4.12. The Hall–Kier alpha value is -3.19. The number of carbonyl (C=O) groups excluding carboxylic acids is 1. The van der Waals surface area contributed by atoms with Crippen LogP contribution in [-0.4, -0.2) is 32.5 Å². The molecule has 1 fully saturated rings. The number of hydrogen-bond acceptors (Lipinski definition) is 6. The molecule has 5 rings (SSSR count). The Morgan fingerprint density at radius 2 is 1.92 bits per heavy atom. The molecule has 0 amide bonds. The maximum absolute atomic E-state index is 13.0. The van der Waals surface area contributed by atoms with Crippen molar-refractivity contribution < 1.29 is 24.5 Å². The summed E-state index contributed by atoms with van der Waals surface area (Å²) in [5, 5.41) is 19.6. The van der Waals surface area contributed by atoms with Gasteiger partial charge in [0.05, 0.1) is 5.39 Å². The van der Waals surface area contributed by atoms with E-state index in [2.05, 4.69) is 4.79 Å². The predicted molar refractivity (Wildman–Crippen MR) is 85.1 cm³/mol. The molecule has 0 aromatic heterocycles.